The number of aryl methyl sites for hydroxylation is 1. The lowest BCUT2D eigenvalue weighted by atomic mass is 10.3. The Bertz CT molecular complexity index is 743. The molecule has 1 aromatic carbocycles. The second-order valence-electron chi connectivity index (χ2n) is 3.97. The molecule has 0 atom stereocenters. The highest BCUT2D eigenvalue weighted by atomic mass is 79.9. The summed E-state index contributed by atoms with van der Waals surface area (Å²) in [6.07, 6.45) is 0. The first-order valence-corrected chi connectivity index (χ1v) is 7.68. The minimum Gasteiger partial charge on any atom is -0.263 e. The SMILES string of the molecule is Cc1cccc(NS(=O)(=O)c2c(F)cc(F)cc2Br)n1. The summed E-state index contributed by atoms with van der Waals surface area (Å²) in [6, 6.07) is 6.10. The second kappa shape index (κ2) is 5.45. The first-order chi connectivity index (χ1) is 9.29. The van der Waals surface area contributed by atoms with E-state index in [9.17, 15) is 17.2 Å². The lowest BCUT2D eigenvalue weighted by Crippen LogP contribution is -2.16. The van der Waals surface area contributed by atoms with Crippen LogP contribution in [0.2, 0.25) is 0 Å². The number of benzene rings is 1. The van der Waals surface area contributed by atoms with E-state index in [-0.39, 0.29) is 10.3 Å². The van der Waals surface area contributed by atoms with Crippen LogP contribution < -0.4 is 4.72 Å². The third-order valence-corrected chi connectivity index (χ3v) is 4.68. The summed E-state index contributed by atoms with van der Waals surface area (Å²) in [5, 5.41) is 0. The number of aromatic nitrogens is 1. The number of anilines is 1. The van der Waals surface area contributed by atoms with Gasteiger partial charge in [-0.3, -0.25) is 4.72 Å². The monoisotopic (exact) mass is 362 g/mol. The van der Waals surface area contributed by atoms with E-state index in [2.05, 4.69) is 25.6 Å². The summed E-state index contributed by atoms with van der Waals surface area (Å²) < 4.78 is 52.8. The quantitative estimate of drug-likeness (QED) is 0.911. The summed E-state index contributed by atoms with van der Waals surface area (Å²) in [4.78, 5) is 3.29. The second-order valence-corrected chi connectivity index (χ2v) is 6.44. The van der Waals surface area contributed by atoms with Crippen molar-refractivity contribution in [3.63, 3.8) is 0 Å². The largest absolute Gasteiger partial charge is 0.267 e. The van der Waals surface area contributed by atoms with Crippen molar-refractivity contribution >= 4 is 31.8 Å². The van der Waals surface area contributed by atoms with Crippen LogP contribution in [-0.2, 0) is 10.0 Å². The van der Waals surface area contributed by atoms with Gasteiger partial charge in [-0.1, -0.05) is 6.07 Å². The molecule has 20 heavy (non-hydrogen) atoms. The van der Waals surface area contributed by atoms with Crippen molar-refractivity contribution in [2.24, 2.45) is 0 Å². The van der Waals surface area contributed by atoms with E-state index in [1.54, 1.807) is 19.1 Å². The number of pyridine rings is 1. The van der Waals surface area contributed by atoms with Crippen LogP contribution in [0, 0.1) is 18.6 Å². The highest BCUT2D eigenvalue weighted by molar-refractivity contribution is 9.10. The van der Waals surface area contributed by atoms with E-state index < -0.39 is 26.6 Å². The van der Waals surface area contributed by atoms with Crippen LogP contribution in [0.4, 0.5) is 14.6 Å². The van der Waals surface area contributed by atoms with E-state index in [0.717, 1.165) is 6.07 Å². The Kier molecular flexibility index (Phi) is 4.05. The van der Waals surface area contributed by atoms with Crippen molar-refractivity contribution in [1.82, 2.24) is 4.98 Å². The Morgan fingerprint density at radius 3 is 2.55 bits per heavy atom. The molecule has 0 spiro atoms. The fourth-order valence-corrected chi connectivity index (χ4v) is 3.74. The van der Waals surface area contributed by atoms with Crippen molar-refractivity contribution < 1.29 is 17.2 Å². The molecule has 0 saturated carbocycles. The number of hydrogen-bond acceptors (Lipinski definition) is 3. The van der Waals surface area contributed by atoms with Crippen molar-refractivity contribution in [2.45, 2.75) is 11.8 Å². The van der Waals surface area contributed by atoms with Gasteiger partial charge in [0.1, 0.15) is 22.3 Å². The molecule has 0 fully saturated rings. The molecule has 106 valence electrons. The molecule has 0 bridgehead atoms. The van der Waals surface area contributed by atoms with E-state index in [1.165, 1.54) is 6.07 Å². The minimum absolute atomic E-state index is 0.0561. The highest BCUT2D eigenvalue weighted by Crippen LogP contribution is 2.27. The van der Waals surface area contributed by atoms with Gasteiger partial charge in [0.05, 0.1) is 0 Å². The number of sulfonamides is 1. The summed E-state index contributed by atoms with van der Waals surface area (Å²) in [5.41, 5.74) is 0.601. The lowest BCUT2D eigenvalue weighted by molar-refractivity contribution is 0.548. The van der Waals surface area contributed by atoms with Gasteiger partial charge in [-0.15, -0.1) is 0 Å². The molecule has 1 N–H and O–H groups in total. The molecule has 0 radical (unpaired) electrons. The predicted octanol–water partition coefficient (Wildman–Crippen LogP) is 3.23. The maximum atomic E-state index is 13.7. The molecule has 0 aliphatic heterocycles. The number of hydrogen-bond donors (Lipinski definition) is 1. The van der Waals surface area contributed by atoms with Gasteiger partial charge in [0.2, 0.25) is 0 Å². The van der Waals surface area contributed by atoms with Crippen LogP contribution in [0.5, 0.6) is 0 Å². The number of rotatable bonds is 3. The predicted molar refractivity (Wildman–Crippen MR) is 73.8 cm³/mol. The molecule has 1 heterocycles. The molecule has 2 aromatic rings. The Hall–Kier alpha value is -1.54. The fraction of sp³-hybridized carbons (Fsp3) is 0.0833. The van der Waals surface area contributed by atoms with Crippen molar-refractivity contribution in [2.75, 3.05) is 4.72 Å². The third kappa shape index (κ3) is 3.13. The molecule has 0 unspecified atom stereocenters. The van der Waals surface area contributed by atoms with E-state index >= 15 is 0 Å². The zero-order valence-electron chi connectivity index (χ0n) is 10.2. The minimum atomic E-state index is -4.21. The van der Waals surface area contributed by atoms with E-state index in [1.807, 2.05) is 0 Å². The number of nitrogens with one attached hydrogen (secondary N) is 1. The first-order valence-electron chi connectivity index (χ1n) is 5.40. The molecular weight excluding hydrogens is 354 g/mol. The molecule has 0 aliphatic carbocycles. The summed E-state index contributed by atoms with van der Waals surface area (Å²) in [6.45, 7) is 1.69. The van der Waals surface area contributed by atoms with Gasteiger partial charge in [-0.05, 0) is 41.1 Å². The summed E-state index contributed by atoms with van der Waals surface area (Å²) in [7, 11) is -4.21. The number of nitrogens with zero attached hydrogens (tertiary/aromatic N) is 1. The smallest absolute Gasteiger partial charge is 0.263 e. The van der Waals surface area contributed by atoms with Crippen molar-refractivity contribution in [3.05, 3.63) is 52.1 Å². The Balaban J connectivity index is 2.46. The van der Waals surface area contributed by atoms with Gasteiger partial charge in [-0.2, -0.15) is 0 Å². The fourth-order valence-electron chi connectivity index (χ4n) is 1.57. The molecule has 0 aliphatic rings. The van der Waals surface area contributed by atoms with Gasteiger partial charge >= 0.3 is 0 Å². The van der Waals surface area contributed by atoms with Crippen LogP contribution in [0.15, 0.2) is 39.7 Å². The Morgan fingerprint density at radius 1 is 1.25 bits per heavy atom. The highest BCUT2D eigenvalue weighted by Gasteiger charge is 2.24. The Labute approximate surface area is 123 Å². The van der Waals surface area contributed by atoms with Gasteiger partial charge in [0.15, 0.2) is 0 Å². The maximum absolute atomic E-state index is 13.7. The molecule has 0 saturated heterocycles. The molecule has 2 rings (SSSR count). The van der Waals surface area contributed by atoms with Crippen molar-refractivity contribution in [1.29, 1.82) is 0 Å². The van der Waals surface area contributed by atoms with Gasteiger partial charge in [0, 0.05) is 16.2 Å². The number of halogens is 3. The molecule has 0 amide bonds. The van der Waals surface area contributed by atoms with Crippen LogP contribution in [0.25, 0.3) is 0 Å². The van der Waals surface area contributed by atoms with Gasteiger partial charge < -0.3 is 0 Å². The zero-order valence-corrected chi connectivity index (χ0v) is 12.6. The zero-order chi connectivity index (χ0) is 14.9. The van der Waals surface area contributed by atoms with Gasteiger partial charge in [0.25, 0.3) is 10.0 Å². The summed E-state index contributed by atoms with van der Waals surface area (Å²) in [5.74, 6) is -2.00. The van der Waals surface area contributed by atoms with Crippen LogP contribution >= 0.6 is 15.9 Å². The standard InChI is InChI=1S/C12H9BrF2N2O2S/c1-7-3-2-4-11(16-7)17-20(18,19)12-9(13)5-8(14)6-10(12)15/h2-6H,1H3,(H,16,17). The van der Waals surface area contributed by atoms with Crippen LogP contribution in [-0.4, -0.2) is 13.4 Å². The lowest BCUT2D eigenvalue weighted by Gasteiger charge is -2.10. The molecule has 1 aromatic heterocycles. The topological polar surface area (TPSA) is 59.1 Å². The molecule has 4 nitrogen and oxygen atoms in total. The van der Waals surface area contributed by atoms with E-state index in [0.29, 0.717) is 11.8 Å². The maximum Gasteiger partial charge on any atom is 0.267 e. The van der Waals surface area contributed by atoms with E-state index in [4.69, 9.17) is 0 Å². The van der Waals surface area contributed by atoms with Crippen LogP contribution in [0.3, 0.4) is 0 Å². The average Bonchev–Trinajstić information content (AvgIpc) is 2.25. The normalized spacial score (nSPS) is 11.4. The molecular formula is C12H9BrF2N2O2S. The van der Waals surface area contributed by atoms with Crippen LogP contribution in [0.1, 0.15) is 5.69 Å². The first kappa shape index (κ1) is 14.9. The third-order valence-electron chi connectivity index (χ3n) is 2.36. The molecule has 8 heteroatoms. The van der Waals surface area contributed by atoms with Crippen molar-refractivity contribution in [3.8, 4) is 0 Å². The van der Waals surface area contributed by atoms with Gasteiger partial charge in [-0.25, -0.2) is 22.2 Å². The average molecular weight is 363 g/mol. The summed E-state index contributed by atoms with van der Waals surface area (Å²) >= 11 is 2.84. The Morgan fingerprint density at radius 2 is 1.95 bits per heavy atom.